The number of urea groups is 1. The van der Waals surface area contributed by atoms with Gasteiger partial charge in [-0.2, -0.15) is 0 Å². The highest BCUT2D eigenvalue weighted by Crippen LogP contribution is 2.12. The minimum atomic E-state index is -0.0515. The molecule has 23 heavy (non-hydrogen) atoms. The molecular formula is C18H23N3O2. The fraction of sp³-hybridized carbons (Fsp3) is 0.333. The average Bonchev–Trinajstić information content (AvgIpc) is 2.61. The minimum absolute atomic E-state index is 0.0515. The van der Waals surface area contributed by atoms with Gasteiger partial charge in [-0.3, -0.25) is 4.98 Å². The van der Waals surface area contributed by atoms with Crippen LogP contribution in [0.4, 0.5) is 4.79 Å². The lowest BCUT2D eigenvalue weighted by molar-refractivity contribution is 0.200. The van der Waals surface area contributed by atoms with Gasteiger partial charge in [0, 0.05) is 32.0 Å². The second-order valence-corrected chi connectivity index (χ2v) is 5.20. The van der Waals surface area contributed by atoms with Crippen LogP contribution in [-0.2, 0) is 13.0 Å². The summed E-state index contributed by atoms with van der Waals surface area (Å²) in [5.41, 5.74) is 2.20. The average molecular weight is 313 g/mol. The maximum absolute atomic E-state index is 12.3. The predicted octanol–water partition coefficient (Wildman–Crippen LogP) is 2.86. The number of hydrogen-bond acceptors (Lipinski definition) is 3. The van der Waals surface area contributed by atoms with Gasteiger partial charge < -0.3 is 15.0 Å². The van der Waals surface area contributed by atoms with Gasteiger partial charge >= 0.3 is 6.03 Å². The normalized spacial score (nSPS) is 10.2. The van der Waals surface area contributed by atoms with E-state index in [4.69, 9.17) is 4.74 Å². The van der Waals surface area contributed by atoms with Crippen molar-refractivity contribution in [3.63, 3.8) is 0 Å². The Morgan fingerprint density at radius 1 is 1.22 bits per heavy atom. The number of hydrogen-bond donors (Lipinski definition) is 1. The van der Waals surface area contributed by atoms with E-state index in [0.29, 0.717) is 19.6 Å². The summed E-state index contributed by atoms with van der Waals surface area (Å²) in [4.78, 5) is 18.1. The van der Waals surface area contributed by atoms with Crippen LogP contribution in [0.3, 0.4) is 0 Å². The molecule has 0 saturated carbocycles. The summed E-state index contributed by atoms with van der Waals surface area (Å²) in [6, 6.07) is 11.6. The molecule has 0 aliphatic heterocycles. The molecular weight excluding hydrogens is 290 g/mol. The number of likely N-dealkylation sites (N-methyl/N-ethyl adjacent to an activating group) is 1. The fourth-order valence-electron chi connectivity index (χ4n) is 2.29. The lowest BCUT2D eigenvalue weighted by atomic mass is 10.2. The van der Waals surface area contributed by atoms with Crippen LogP contribution < -0.4 is 10.1 Å². The molecule has 0 saturated heterocycles. The highest BCUT2D eigenvalue weighted by molar-refractivity contribution is 5.74. The summed E-state index contributed by atoms with van der Waals surface area (Å²) >= 11 is 0. The van der Waals surface area contributed by atoms with Crippen molar-refractivity contribution in [2.24, 2.45) is 0 Å². The third kappa shape index (κ3) is 5.29. The van der Waals surface area contributed by atoms with Crippen molar-refractivity contribution < 1.29 is 9.53 Å². The number of aromatic nitrogens is 1. The minimum Gasteiger partial charge on any atom is -0.497 e. The van der Waals surface area contributed by atoms with Gasteiger partial charge in [-0.25, -0.2) is 4.79 Å². The molecule has 2 amide bonds. The second kappa shape index (κ2) is 8.78. The van der Waals surface area contributed by atoms with Gasteiger partial charge in [0.25, 0.3) is 0 Å². The van der Waals surface area contributed by atoms with Crippen molar-refractivity contribution >= 4 is 6.03 Å². The summed E-state index contributed by atoms with van der Waals surface area (Å²) < 4.78 is 5.19. The van der Waals surface area contributed by atoms with E-state index in [1.54, 1.807) is 24.4 Å². The summed E-state index contributed by atoms with van der Waals surface area (Å²) in [6.45, 7) is 3.83. The molecule has 0 atom stereocenters. The van der Waals surface area contributed by atoms with Crippen LogP contribution in [0.2, 0.25) is 0 Å². The quantitative estimate of drug-likeness (QED) is 0.855. The molecule has 0 radical (unpaired) electrons. The number of carbonyl (C=O) groups is 1. The third-order valence-electron chi connectivity index (χ3n) is 3.67. The predicted molar refractivity (Wildman–Crippen MR) is 90.4 cm³/mol. The number of rotatable bonds is 7. The van der Waals surface area contributed by atoms with Crippen molar-refractivity contribution in [2.45, 2.75) is 19.9 Å². The second-order valence-electron chi connectivity index (χ2n) is 5.20. The molecule has 0 bridgehead atoms. The molecule has 0 aliphatic carbocycles. The number of amides is 2. The van der Waals surface area contributed by atoms with Crippen LogP contribution >= 0.6 is 0 Å². The van der Waals surface area contributed by atoms with Crippen LogP contribution in [0.15, 0.2) is 48.8 Å². The van der Waals surface area contributed by atoms with Crippen LogP contribution in [0.5, 0.6) is 5.75 Å². The molecule has 1 aromatic heterocycles. The van der Waals surface area contributed by atoms with E-state index < -0.39 is 0 Å². The zero-order valence-corrected chi connectivity index (χ0v) is 13.7. The number of methoxy groups -OCH3 is 1. The molecule has 1 aromatic carbocycles. The summed E-state index contributed by atoms with van der Waals surface area (Å²) in [6.07, 6.45) is 4.37. The molecule has 122 valence electrons. The molecule has 1 heterocycles. The Balaban J connectivity index is 1.84. The van der Waals surface area contributed by atoms with Gasteiger partial charge in [-0.05, 0) is 48.7 Å². The van der Waals surface area contributed by atoms with Gasteiger partial charge in [0.1, 0.15) is 5.75 Å². The van der Waals surface area contributed by atoms with Crippen molar-refractivity contribution in [3.8, 4) is 5.75 Å². The molecule has 2 aromatic rings. The molecule has 0 spiro atoms. The molecule has 0 fully saturated rings. The Labute approximate surface area is 137 Å². The highest BCUT2D eigenvalue weighted by Gasteiger charge is 2.11. The first-order valence-electron chi connectivity index (χ1n) is 7.77. The number of nitrogens with one attached hydrogen (secondary N) is 1. The zero-order valence-electron chi connectivity index (χ0n) is 13.7. The van der Waals surface area contributed by atoms with Gasteiger partial charge in [0.05, 0.1) is 7.11 Å². The van der Waals surface area contributed by atoms with Crippen LogP contribution in [0.25, 0.3) is 0 Å². The van der Waals surface area contributed by atoms with Crippen molar-refractivity contribution in [2.75, 3.05) is 20.2 Å². The first kappa shape index (κ1) is 16.8. The number of ether oxygens (including phenoxy) is 1. The van der Waals surface area contributed by atoms with E-state index in [-0.39, 0.29) is 6.03 Å². The van der Waals surface area contributed by atoms with Crippen LogP contribution in [0.1, 0.15) is 18.1 Å². The molecule has 5 nitrogen and oxygen atoms in total. The molecule has 5 heteroatoms. The van der Waals surface area contributed by atoms with Gasteiger partial charge in [0.2, 0.25) is 0 Å². The summed E-state index contributed by atoms with van der Waals surface area (Å²) in [7, 11) is 1.63. The van der Waals surface area contributed by atoms with E-state index in [9.17, 15) is 4.79 Å². The van der Waals surface area contributed by atoms with E-state index in [1.807, 2.05) is 43.3 Å². The fourth-order valence-corrected chi connectivity index (χ4v) is 2.29. The maximum atomic E-state index is 12.3. The zero-order chi connectivity index (χ0) is 16.5. The lowest BCUT2D eigenvalue weighted by Crippen LogP contribution is -2.40. The topological polar surface area (TPSA) is 54.5 Å². The Bertz CT molecular complexity index is 617. The van der Waals surface area contributed by atoms with Gasteiger partial charge in [0.15, 0.2) is 0 Å². The van der Waals surface area contributed by atoms with E-state index in [1.165, 1.54) is 5.56 Å². The summed E-state index contributed by atoms with van der Waals surface area (Å²) in [5, 5.41) is 2.96. The van der Waals surface area contributed by atoms with Crippen molar-refractivity contribution in [3.05, 3.63) is 59.9 Å². The van der Waals surface area contributed by atoms with E-state index in [0.717, 1.165) is 17.7 Å². The number of nitrogens with zero attached hydrogens (tertiary/aromatic N) is 2. The van der Waals surface area contributed by atoms with E-state index >= 15 is 0 Å². The molecule has 1 N–H and O–H groups in total. The largest absolute Gasteiger partial charge is 0.497 e. The standard InChI is InChI=1S/C18H23N3O2/c1-3-21(12-9-15-7-10-19-11-8-15)18(22)20-14-16-5-4-6-17(13-16)23-2/h4-8,10-11,13H,3,9,12,14H2,1-2H3,(H,20,22). The Morgan fingerprint density at radius 3 is 2.70 bits per heavy atom. The maximum Gasteiger partial charge on any atom is 0.317 e. The Hall–Kier alpha value is -2.56. The SMILES string of the molecule is CCN(CCc1ccncc1)C(=O)NCc1cccc(OC)c1. The highest BCUT2D eigenvalue weighted by atomic mass is 16.5. The smallest absolute Gasteiger partial charge is 0.317 e. The Morgan fingerprint density at radius 2 is 2.00 bits per heavy atom. The first-order valence-corrected chi connectivity index (χ1v) is 7.77. The number of carbonyl (C=O) groups excluding carboxylic acids is 1. The molecule has 0 unspecified atom stereocenters. The summed E-state index contributed by atoms with van der Waals surface area (Å²) in [5.74, 6) is 0.793. The number of pyridine rings is 1. The Kier molecular flexibility index (Phi) is 6.41. The third-order valence-corrected chi connectivity index (χ3v) is 3.67. The molecule has 0 aliphatic rings. The van der Waals surface area contributed by atoms with Crippen molar-refractivity contribution in [1.82, 2.24) is 15.2 Å². The van der Waals surface area contributed by atoms with Crippen LogP contribution in [-0.4, -0.2) is 36.1 Å². The van der Waals surface area contributed by atoms with Crippen molar-refractivity contribution in [1.29, 1.82) is 0 Å². The monoisotopic (exact) mass is 313 g/mol. The van der Waals surface area contributed by atoms with E-state index in [2.05, 4.69) is 10.3 Å². The van der Waals surface area contributed by atoms with Gasteiger partial charge in [-0.1, -0.05) is 12.1 Å². The first-order chi connectivity index (χ1) is 11.2. The van der Waals surface area contributed by atoms with Crippen LogP contribution in [0, 0.1) is 0 Å². The van der Waals surface area contributed by atoms with Gasteiger partial charge in [-0.15, -0.1) is 0 Å². The number of benzene rings is 1. The molecule has 2 rings (SSSR count). The lowest BCUT2D eigenvalue weighted by Gasteiger charge is -2.21.